The smallest absolute Gasteiger partial charge is 0.251 e. The number of rotatable bonds is 3. The molecule has 2 amide bonds. The first-order valence-electron chi connectivity index (χ1n) is 9.57. The van der Waals surface area contributed by atoms with Gasteiger partial charge in [0.05, 0.1) is 0 Å². The zero-order valence-corrected chi connectivity index (χ0v) is 15.7. The highest BCUT2D eigenvalue weighted by molar-refractivity contribution is 5.97. The van der Waals surface area contributed by atoms with Crippen LogP contribution in [0.2, 0.25) is 0 Å². The molecule has 1 saturated heterocycles. The summed E-state index contributed by atoms with van der Waals surface area (Å²) >= 11 is 0. The molecule has 2 atom stereocenters. The molecule has 0 spiro atoms. The van der Waals surface area contributed by atoms with Gasteiger partial charge in [-0.15, -0.1) is 0 Å². The van der Waals surface area contributed by atoms with Crippen LogP contribution < -0.4 is 10.2 Å². The molecule has 2 aliphatic rings. The fourth-order valence-electron chi connectivity index (χ4n) is 4.31. The first-order chi connectivity index (χ1) is 11.9. The van der Waals surface area contributed by atoms with Gasteiger partial charge in [-0.3, -0.25) is 9.59 Å². The Bertz CT molecular complexity index is 630. The summed E-state index contributed by atoms with van der Waals surface area (Å²) in [5.74, 6) is 0.694. The maximum Gasteiger partial charge on any atom is 0.251 e. The lowest BCUT2D eigenvalue weighted by Gasteiger charge is -2.40. The fraction of sp³-hybridized carbons (Fsp3) is 0.619. The van der Waals surface area contributed by atoms with Gasteiger partial charge in [0.2, 0.25) is 5.91 Å². The average Bonchev–Trinajstić information content (AvgIpc) is 3.00. The highest BCUT2D eigenvalue weighted by atomic mass is 16.2. The highest BCUT2D eigenvalue weighted by Gasteiger charge is 2.35. The molecule has 2 fully saturated rings. The van der Waals surface area contributed by atoms with Gasteiger partial charge < -0.3 is 10.2 Å². The minimum atomic E-state index is 0.000415. The summed E-state index contributed by atoms with van der Waals surface area (Å²) < 4.78 is 0. The predicted molar refractivity (Wildman–Crippen MR) is 101 cm³/mol. The summed E-state index contributed by atoms with van der Waals surface area (Å²) in [5.41, 5.74) is 1.77. The van der Waals surface area contributed by atoms with E-state index in [0.717, 1.165) is 25.1 Å². The summed E-state index contributed by atoms with van der Waals surface area (Å²) in [4.78, 5) is 26.3. The van der Waals surface area contributed by atoms with Crippen molar-refractivity contribution in [1.29, 1.82) is 0 Å². The lowest BCUT2D eigenvalue weighted by Crippen LogP contribution is -2.46. The molecule has 0 bridgehead atoms. The molecule has 25 heavy (non-hydrogen) atoms. The molecule has 1 aliphatic carbocycles. The number of hydrogen-bond acceptors (Lipinski definition) is 2. The molecule has 4 nitrogen and oxygen atoms in total. The number of nitrogens with zero attached hydrogens (tertiary/aromatic N) is 1. The van der Waals surface area contributed by atoms with Crippen LogP contribution in [-0.4, -0.2) is 24.4 Å². The molecule has 3 rings (SSSR count). The van der Waals surface area contributed by atoms with Gasteiger partial charge >= 0.3 is 0 Å². The molecule has 1 heterocycles. The minimum absolute atomic E-state index is 0.000415. The third-order valence-corrected chi connectivity index (χ3v) is 5.71. The molecule has 1 aromatic rings. The zero-order valence-electron chi connectivity index (χ0n) is 15.7. The van der Waals surface area contributed by atoms with E-state index in [2.05, 4.69) is 26.1 Å². The lowest BCUT2D eigenvalue weighted by atomic mass is 9.69. The fourth-order valence-corrected chi connectivity index (χ4v) is 4.31. The van der Waals surface area contributed by atoms with E-state index in [9.17, 15) is 9.59 Å². The topological polar surface area (TPSA) is 49.4 Å². The van der Waals surface area contributed by atoms with Gasteiger partial charge in [-0.05, 0) is 54.9 Å². The van der Waals surface area contributed by atoms with E-state index in [-0.39, 0.29) is 23.3 Å². The van der Waals surface area contributed by atoms with Crippen molar-refractivity contribution in [2.45, 2.75) is 65.3 Å². The van der Waals surface area contributed by atoms with E-state index in [1.807, 2.05) is 24.3 Å². The average molecular weight is 342 g/mol. The number of nitrogens with one attached hydrogen (secondary N) is 1. The number of carbonyl (C=O) groups excluding carboxylic acids is 2. The number of carbonyl (C=O) groups is 2. The molecule has 0 unspecified atom stereocenters. The molecule has 0 aromatic heterocycles. The van der Waals surface area contributed by atoms with Gasteiger partial charge in [-0.1, -0.05) is 33.6 Å². The van der Waals surface area contributed by atoms with Crippen LogP contribution in [0.5, 0.6) is 0 Å². The minimum Gasteiger partial charge on any atom is -0.349 e. The molecule has 1 aromatic carbocycles. The van der Waals surface area contributed by atoms with E-state index >= 15 is 0 Å². The second kappa shape index (κ2) is 7.19. The van der Waals surface area contributed by atoms with Crippen LogP contribution in [0.3, 0.4) is 0 Å². The van der Waals surface area contributed by atoms with Crippen molar-refractivity contribution < 1.29 is 9.59 Å². The molecule has 4 heteroatoms. The first-order valence-corrected chi connectivity index (χ1v) is 9.57. The largest absolute Gasteiger partial charge is 0.349 e. The molecule has 136 valence electrons. The van der Waals surface area contributed by atoms with Crippen molar-refractivity contribution >= 4 is 17.5 Å². The van der Waals surface area contributed by atoms with Gasteiger partial charge in [-0.2, -0.15) is 0 Å². The molecule has 1 saturated carbocycles. The highest BCUT2D eigenvalue weighted by Crippen LogP contribution is 2.38. The maximum absolute atomic E-state index is 12.7. The van der Waals surface area contributed by atoms with Crippen molar-refractivity contribution in [2.75, 3.05) is 11.4 Å². The SMILES string of the molecule is CC(C)(C)[C@H]1CCCC[C@@H]1NC(=O)c1ccc(N2CCCC2=O)cc1. The Balaban J connectivity index is 1.67. The van der Waals surface area contributed by atoms with Gasteiger partial charge in [0.1, 0.15) is 0 Å². The maximum atomic E-state index is 12.7. The van der Waals surface area contributed by atoms with Crippen LogP contribution in [0, 0.1) is 11.3 Å². The third-order valence-electron chi connectivity index (χ3n) is 5.71. The Kier molecular flexibility index (Phi) is 5.16. The Hall–Kier alpha value is -1.84. The van der Waals surface area contributed by atoms with Crippen LogP contribution in [0.15, 0.2) is 24.3 Å². The second-order valence-electron chi connectivity index (χ2n) is 8.53. The van der Waals surface area contributed by atoms with E-state index in [1.54, 1.807) is 4.90 Å². The Morgan fingerprint density at radius 3 is 2.36 bits per heavy atom. The number of anilines is 1. The Morgan fingerprint density at radius 1 is 1.08 bits per heavy atom. The van der Waals surface area contributed by atoms with E-state index < -0.39 is 0 Å². The summed E-state index contributed by atoms with van der Waals surface area (Å²) in [6.45, 7) is 7.58. The summed E-state index contributed by atoms with van der Waals surface area (Å²) in [7, 11) is 0. The standard InChI is InChI=1S/C21H30N2O2/c1-21(2,3)17-7-4-5-8-18(17)22-20(25)15-10-12-16(13-11-15)23-14-6-9-19(23)24/h10-13,17-18H,4-9,14H2,1-3H3,(H,22,25)/t17-,18-/m0/s1. The van der Waals surface area contributed by atoms with Gasteiger partial charge in [-0.25, -0.2) is 0 Å². The van der Waals surface area contributed by atoms with Crippen molar-refractivity contribution in [1.82, 2.24) is 5.32 Å². The van der Waals surface area contributed by atoms with Crippen molar-refractivity contribution in [3.8, 4) is 0 Å². The van der Waals surface area contributed by atoms with Gasteiger partial charge in [0.15, 0.2) is 0 Å². The lowest BCUT2D eigenvalue weighted by molar-refractivity contribution is -0.117. The Labute approximate surface area is 151 Å². The molecule has 1 aliphatic heterocycles. The van der Waals surface area contributed by atoms with Crippen LogP contribution in [-0.2, 0) is 4.79 Å². The first kappa shape index (κ1) is 18.0. The molecule has 0 radical (unpaired) electrons. The van der Waals surface area contributed by atoms with Gasteiger partial charge in [0, 0.05) is 30.3 Å². The van der Waals surface area contributed by atoms with E-state index in [0.29, 0.717) is 17.9 Å². The Morgan fingerprint density at radius 2 is 1.76 bits per heavy atom. The van der Waals surface area contributed by atoms with Gasteiger partial charge in [0.25, 0.3) is 5.91 Å². The summed E-state index contributed by atoms with van der Waals surface area (Å²) in [5, 5.41) is 3.27. The van der Waals surface area contributed by atoms with Crippen molar-refractivity contribution in [2.24, 2.45) is 11.3 Å². The van der Waals surface area contributed by atoms with Crippen LogP contribution in [0.25, 0.3) is 0 Å². The monoisotopic (exact) mass is 342 g/mol. The quantitative estimate of drug-likeness (QED) is 0.897. The number of benzene rings is 1. The summed E-state index contributed by atoms with van der Waals surface area (Å²) in [6.07, 6.45) is 6.23. The normalized spacial score (nSPS) is 24.4. The van der Waals surface area contributed by atoms with Crippen molar-refractivity contribution in [3.63, 3.8) is 0 Å². The van der Waals surface area contributed by atoms with Crippen LogP contribution in [0.1, 0.15) is 69.7 Å². The number of hydrogen-bond donors (Lipinski definition) is 1. The number of amides is 2. The zero-order chi connectivity index (χ0) is 18.0. The third kappa shape index (κ3) is 4.05. The second-order valence-corrected chi connectivity index (χ2v) is 8.53. The van der Waals surface area contributed by atoms with E-state index in [1.165, 1.54) is 19.3 Å². The molecular formula is C21H30N2O2. The van der Waals surface area contributed by atoms with Crippen molar-refractivity contribution in [3.05, 3.63) is 29.8 Å². The van der Waals surface area contributed by atoms with Crippen LogP contribution >= 0.6 is 0 Å². The van der Waals surface area contributed by atoms with E-state index in [4.69, 9.17) is 0 Å². The molecule has 1 N–H and O–H groups in total. The van der Waals surface area contributed by atoms with Crippen LogP contribution in [0.4, 0.5) is 5.69 Å². The predicted octanol–water partition coefficient (Wildman–Crippen LogP) is 4.15. The summed E-state index contributed by atoms with van der Waals surface area (Å²) in [6, 6.07) is 7.71. The molecular weight excluding hydrogens is 312 g/mol.